The zero-order valence-electron chi connectivity index (χ0n) is 17.5. The standard InChI is InChI=1S/C20H22FN9O2/c1-27-12-23-16(26-27)20(32)29-7-6-28-8-9-30-17(15(28)11-29)24-25-18(30)19(31)22-10-13-2-4-14(21)5-3-13/h2-5,12,15H,6-11H2,1H3,(H,22,31). The Kier molecular flexibility index (Phi) is 5.13. The van der Waals surface area contributed by atoms with Gasteiger partial charge in [0.1, 0.15) is 12.1 Å². The van der Waals surface area contributed by atoms with Gasteiger partial charge in [-0.15, -0.1) is 15.3 Å². The number of hydrogen-bond acceptors (Lipinski definition) is 7. The molecule has 0 bridgehead atoms. The Morgan fingerprint density at radius 1 is 1.12 bits per heavy atom. The first-order chi connectivity index (χ1) is 15.5. The topological polar surface area (TPSA) is 114 Å². The predicted molar refractivity (Wildman–Crippen MR) is 109 cm³/mol. The molecule has 1 atom stereocenters. The van der Waals surface area contributed by atoms with Crippen molar-refractivity contribution in [3.63, 3.8) is 0 Å². The second-order valence-electron chi connectivity index (χ2n) is 7.89. The molecular weight excluding hydrogens is 417 g/mol. The molecule has 0 aliphatic carbocycles. The Hall–Kier alpha value is -3.67. The molecule has 5 rings (SSSR count). The van der Waals surface area contributed by atoms with Crippen LogP contribution < -0.4 is 5.32 Å². The quantitative estimate of drug-likeness (QED) is 0.608. The van der Waals surface area contributed by atoms with Crippen molar-refractivity contribution in [2.45, 2.75) is 19.1 Å². The number of nitrogens with zero attached hydrogens (tertiary/aromatic N) is 8. The third-order valence-electron chi connectivity index (χ3n) is 5.83. The van der Waals surface area contributed by atoms with E-state index >= 15 is 0 Å². The Labute approximate surface area is 182 Å². The first-order valence-corrected chi connectivity index (χ1v) is 10.3. The van der Waals surface area contributed by atoms with Crippen LogP contribution in [-0.2, 0) is 20.1 Å². The monoisotopic (exact) mass is 439 g/mol. The summed E-state index contributed by atoms with van der Waals surface area (Å²) < 4.78 is 16.4. The van der Waals surface area contributed by atoms with E-state index in [1.807, 2.05) is 4.57 Å². The lowest BCUT2D eigenvalue weighted by molar-refractivity contribution is 0.0364. The molecule has 2 aliphatic heterocycles. The molecule has 11 nitrogen and oxygen atoms in total. The number of aryl methyl sites for hydroxylation is 1. The summed E-state index contributed by atoms with van der Waals surface area (Å²) in [7, 11) is 1.72. The predicted octanol–water partition coefficient (Wildman–Crippen LogP) is -0.0116. The van der Waals surface area contributed by atoms with Gasteiger partial charge in [-0.3, -0.25) is 19.2 Å². The molecule has 32 heavy (non-hydrogen) atoms. The van der Waals surface area contributed by atoms with Crippen LogP contribution in [0.2, 0.25) is 0 Å². The average molecular weight is 439 g/mol. The first-order valence-electron chi connectivity index (χ1n) is 10.3. The summed E-state index contributed by atoms with van der Waals surface area (Å²) >= 11 is 0. The maximum Gasteiger partial charge on any atom is 0.293 e. The van der Waals surface area contributed by atoms with E-state index in [-0.39, 0.29) is 41.9 Å². The Balaban J connectivity index is 1.30. The summed E-state index contributed by atoms with van der Waals surface area (Å²) in [6, 6.07) is 5.79. The molecule has 1 aromatic carbocycles. The van der Waals surface area contributed by atoms with Crippen molar-refractivity contribution in [3.05, 3.63) is 59.4 Å². The molecule has 1 unspecified atom stereocenters. The number of amides is 2. The molecule has 2 amide bonds. The summed E-state index contributed by atoms with van der Waals surface area (Å²) in [5.74, 6) is 0.169. The first kappa shape index (κ1) is 20.2. The zero-order valence-corrected chi connectivity index (χ0v) is 17.5. The Bertz CT molecular complexity index is 1160. The van der Waals surface area contributed by atoms with E-state index in [4.69, 9.17) is 0 Å². The minimum absolute atomic E-state index is 0.156. The molecule has 1 fully saturated rings. The Morgan fingerprint density at radius 3 is 2.66 bits per heavy atom. The van der Waals surface area contributed by atoms with Gasteiger partial charge < -0.3 is 14.8 Å². The van der Waals surface area contributed by atoms with E-state index in [9.17, 15) is 14.0 Å². The van der Waals surface area contributed by atoms with Crippen LogP contribution in [0, 0.1) is 5.82 Å². The van der Waals surface area contributed by atoms with E-state index in [0.29, 0.717) is 32.0 Å². The molecule has 12 heteroatoms. The van der Waals surface area contributed by atoms with Crippen molar-refractivity contribution < 1.29 is 14.0 Å². The molecule has 1 N–H and O–H groups in total. The molecular formula is C20H22FN9O2. The number of hydrogen-bond donors (Lipinski definition) is 1. The van der Waals surface area contributed by atoms with Crippen molar-refractivity contribution in [1.82, 2.24) is 44.6 Å². The van der Waals surface area contributed by atoms with Crippen LogP contribution in [0.3, 0.4) is 0 Å². The smallest absolute Gasteiger partial charge is 0.293 e. The zero-order chi connectivity index (χ0) is 22.2. The normalized spacial score (nSPS) is 18.2. The van der Waals surface area contributed by atoms with Crippen LogP contribution in [0.4, 0.5) is 4.39 Å². The van der Waals surface area contributed by atoms with Gasteiger partial charge in [-0.1, -0.05) is 12.1 Å². The van der Waals surface area contributed by atoms with Crippen LogP contribution in [0.15, 0.2) is 30.6 Å². The van der Waals surface area contributed by atoms with Gasteiger partial charge in [0.05, 0.1) is 6.04 Å². The highest BCUT2D eigenvalue weighted by Gasteiger charge is 2.38. The number of aromatic nitrogens is 6. The number of carbonyl (C=O) groups excluding carboxylic acids is 2. The summed E-state index contributed by atoms with van der Waals surface area (Å²) in [4.78, 5) is 33.5. The highest BCUT2D eigenvalue weighted by molar-refractivity contribution is 5.91. The van der Waals surface area contributed by atoms with Crippen molar-refractivity contribution in [1.29, 1.82) is 0 Å². The molecule has 0 saturated carbocycles. The van der Waals surface area contributed by atoms with Gasteiger partial charge in [0.2, 0.25) is 11.6 Å². The molecule has 0 spiro atoms. The van der Waals surface area contributed by atoms with Crippen molar-refractivity contribution in [3.8, 4) is 0 Å². The van der Waals surface area contributed by atoms with Gasteiger partial charge in [-0.2, -0.15) is 0 Å². The fourth-order valence-electron chi connectivity index (χ4n) is 4.14. The fourth-order valence-corrected chi connectivity index (χ4v) is 4.14. The summed E-state index contributed by atoms with van der Waals surface area (Å²) in [6.45, 7) is 3.28. The number of carbonyl (C=O) groups is 2. The van der Waals surface area contributed by atoms with E-state index in [1.165, 1.54) is 23.1 Å². The number of rotatable bonds is 4. The van der Waals surface area contributed by atoms with Crippen molar-refractivity contribution in [2.24, 2.45) is 7.05 Å². The van der Waals surface area contributed by atoms with Gasteiger partial charge >= 0.3 is 0 Å². The van der Waals surface area contributed by atoms with E-state index < -0.39 is 0 Å². The minimum Gasteiger partial charge on any atom is -0.345 e. The molecule has 1 saturated heterocycles. The van der Waals surface area contributed by atoms with Crippen molar-refractivity contribution in [2.75, 3.05) is 26.2 Å². The number of piperazine rings is 1. The molecule has 2 aromatic heterocycles. The van der Waals surface area contributed by atoms with E-state index in [0.717, 1.165) is 12.1 Å². The van der Waals surface area contributed by atoms with Gasteiger partial charge in [0.25, 0.3) is 11.8 Å². The van der Waals surface area contributed by atoms with E-state index in [2.05, 4.69) is 30.5 Å². The lowest BCUT2D eigenvalue weighted by Crippen LogP contribution is -2.54. The molecule has 3 aromatic rings. The van der Waals surface area contributed by atoms with Crippen LogP contribution in [0.1, 0.15) is 38.7 Å². The summed E-state index contributed by atoms with van der Waals surface area (Å²) in [5.41, 5.74) is 0.786. The number of fused-ring (bicyclic) bond motifs is 3. The average Bonchev–Trinajstić information content (AvgIpc) is 3.44. The van der Waals surface area contributed by atoms with Crippen LogP contribution in [0.25, 0.3) is 0 Å². The molecule has 166 valence electrons. The number of halogens is 1. The van der Waals surface area contributed by atoms with Crippen LogP contribution in [0.5, 0.6) is 0 Å². The molecule has 0 radical (unpaired) electrons. The summed E-state index contributed by atoms with van der Waals surface area (Å²) in [5, 5.41) is 15.3. The number of benzene rings is 1. The fraction of sp³-hybridized carbons (Fsp3) is 0.400. The molecule has 2 aliphatic rings. The summed E-state index contributed by atoms with van der Waals surface area (Å²) in [6.07, 6.45) is 1.50. The third kappa shape index (κ3) is 3.73. The highest BCUT2D eigenvalue weighted by atomic mass is 19.1. The van der Waals surface area contributed by atoms with Gasteiger partial charge in [-0.25, -0.2) is 9.37 Å². The van der Waals surface area contributed by atoms with Crippen LogP contribution >= 0.6 is 0 Å². The van der Waals surface area contributed by atoms with Crippen LogP contribution in [-0.4, -0.2) is 77.3 Å². The second kappa shape index (κ2) is 8.11. The lowest BCUT2D eigenvalue weighted by atomic mass is 10.1. The van der Waals surface area contributed by atoms with Gasteiger partial charge in [0, 0.05) is 46.3 Å². The highest BCUT2D eigenvalue weighted by Crippen LogP contribution is 2.29. The molecule has 4 heterocycles. The SMILES string of the molecule is Cn1cnc(C(=O)N2CCN3CCn4c(C(=O)NCc5ccc(F)cc5)nnc4C3C2)n1. The van der Waals surface area contributed by atoms with Gasteiger partial charge in [-0.05, 0) is 17.7 Å². The lowest BCUT2D eigenvalue weighted by Gasteiger charge is -2.43. The number of nitrogens with one attached hydrogen (secondary N) is 1. The van der Waals surface area contributed by atoms with Gasteiger partial charge in [0.15, 0.2) is 5.82 Å². The second-order valence-corrected chi connectivity index (χ2v) is 7.89. The largest absolute Gasteiger partial charge is 0.345 e. The minimum atomic E-state index is -0.344. The van der Waals surface area contributed by atoms with E-state index in [1.54, 1.807) is 24.1 Å². The maximum atomic E-state index is 13.1. The maximum absolute atomic E-state index is 13.1. The van der Waals surface area contributed by atoms with Crippen molar-refractivity contribution >= 4 is 11.8 Å². The third-order valence-corrected chi connectivity index (χ3v) is 5.83. The Morgan fingerprint density at radius 2 is 1.91 bits per heavy atom.